The maximum atomic E-state index is 5.49. The van der Waals surface area contributed by atoms with Crippen molar-refractivity contribution in [3.05, 3.63) is 24.8 Å². The average Bonchev–Trinajstić information content (AvgIpc) is 3.08. The standard InChI is InChI=1S/C16H24O/c1-3-5-7-9-10-12-14-16-15(17-16)13-11-8-6-4-2/h4,6,8,15-16H,2-3,5,7,9-11,13H2,1H3/b8-6+/t15-,16+/m1/s1. The largest absolute Gasteiger partial charge is 0.356 e. The van der Waals surface area contributed by atoms with E-state index in [1.165, 1.54) is 25.7 Å². The zero-order valence-corrected chi connectivity index (χ0v) is 11.0. The minimum absolute atomic E-state index is 0.221. The van der Waals surface area contributed by atoms with Gasteiger partial charge in [0.25, 0.3) is 0 Å². The Labute approximate surface area is 106 Å². The summed E-state index contributed by atoms with van der Waals surface area (Å²) in [5.41, 5.74) is 0. The van der Waals surface area contributed by atoms with Gasteiger partial charge in [0, 0.05) is 6.42 Å². The molecule has 0 unspecified atom stereocenters. The highest BCUT2D eigenvalue weighted by Crippen LogP contribution is 2.25. The van der Waals surface area contributed by atoms with E-state index in [9.17, 15) is 0 Å². The van der Waals surface area contributed by atoms with Crippen LogP contribution in [-0.4, -0.2) is 12.2 Å². The summed E-state index contributed by atoms with van der Waals surface area (Å²) in [6.07, 6.45) is 14.9. The normalized spacial score (nSPS) is 22.2. The summed E-state index contributed by atoms with van der Waals surface area (Å²) in [4.78, 5) is 0. The molecule has 0 aromatic carbocycles. The molecule has 0 aromatic heterocycles. The number of ether oxygens (including phenoxy) is 1. The third-order valence-electron chi connectivity index (χ3n) is 2.87. The van der Waals surface area contributed by atoms with Gasteiger partial charge in [-0.15, -0.1) is 5.92 Å². The van der Waals surface area contributed by atoms with E-state index in [-0.39, 0.29) is 6.10 Å². The first kappa shape index (κ1) is 14.1. The smallest absolute Gasteiger partial charge is 0.144 e. The Morgan fingerprint density at radius 2 is 2.18 bits per heavy atom. The van der Waals surface area contributed by atoms with Crippen LogP contribution >= 0.6 is 0 Å². The molecule has 0 aromatic rings. The van der Waals surface area contributed by atoms with Crippen molar-refractivity contribution in [1.82, 2.24) is 0 Å². The fraction of sp³-hybridized carbons (Fsp3) is 0.625. The summed E-state index contributed by atoms with van der Waals surface area (Å²) < 4.78 is 5.49. The summed E-state index contributed by atoms with van der Waals surface area (Å²) in [6, 6.07) is 0. The molecule has 17 heavy (non-hydrogen) atoms. The van der Waals surface area contributed by atoms with Gasteiger partial charge in [0.1, 0.15) is 6.10 Å². The van der Waals surface area contributed by atoms with Crippen molar-refractivity contribution >= 4 is 0 Å². The molecule has 0 amide bonds. The van der Waals surface area contributed by atoms with Gasteiger partial charge >= 0.3 is 0 Å². The van der Waals surface area contributed by atoms with Crippen molar-refractivity contribution in [1.29, 1.82) is 0 Å². The van der Waals surface area contributed by atoms with Gasteiger partial charge in [-0.1, -0.05) is 56.9 Å². The molecule has 1 heteroatoms. The van der Waals surface area contributed by atoms with Gasteiger partial charge in [0.2, 0.25) is 0 Å². The molecule has 1 rings (SSSR count). The van der Waals surface area contributed by atoms with Gasteiger partial charge in [-0.25, -0.2) is 0 Å². The molecular formula is C16H24O. The lowest BCUT2D eigenvalue weighted by Gasteiger charge is -1.91. The van der Waals surface area contributed by atoms with E-state index >= 15 is 0 Å². The van der Waals surface area contributed by atoms with E-state index in [0.717, 1.165) is 19.3 Å². The average molecular weight is 232 g/mol. The fourth-order valence-corrected chi connectivity index (χ4v) is 1.76. The van der Waals surface area contributed by atoms with Crippen molar-refractivity contribution in [2.75, 3.05) is 0 Å². The summed E-state index contributed by atoms with van der Waals surface area (Å²) in [5, 5.41) is 0. The Balaban J connectivity index is 1.97. The first-order chi connectivity index (χ1) is 8.38. The molecule has 0 bridgehead atoms. The quantitative estimate of drug-likeness (QED) is 0.264. The molecule has 0 N–H and O–H groups in total. The second-order valence-corrected chi connectivity index (χ2v) is 4.47. The van der Waals surface area contributed by atoms with Crippen LogP contribution in [0.3, 0.4) is 0 Å². The van der Waals surface area contributed by atoms with E-state index in [2.05, 4.69) is 31.4 Å². The molecule has 2 atom stereocenters. The minimum atomic E-state index is 0.221. The van der Waals surface area contributed by atoms with Crippen LogP contribution in [0.1, 0.15) is 51.9 Å². The molecule has 0 saturated carbocycles. The third-order valence-corrected chi connectivity index (χ3v) is 2.87. The molecule has 1 aliphatic rings. The monoisotopic (exact) mass is 232 g/mol. The molecule has 1 nitrogen and oxygen atoms in total. The van der Waals surface area contributed by atoms with Crippen LogP contribution in [0.15, 0.2) is 24.8 Å². The van der Waals surface area contributed by atoms with Crippen molar-refractivity contribution in [3.8, 4) is 11.8 Å². The van der Waals surface area contributed by atoms with E-state index in [4.69, 9.17) is 4.74 Å². The van der Waals surface area contributed by atoms with Gasteiger partial charge in [0.15, 0.2) is 0 Å². The van der Waals surface area contributed by atoms with E-state index in [1.807, 2.05) is 6.08 Å². The van der Waals surface area contributed by atoms with E-state index in [1.54, 1.807) is 6.08 Å². The molecular weight excluding hydrogens is 208 g/mol. The number of allylic oxidation sites excluding steroid dienone is 3. The molecule has 1 saturated heterocycles. The molecule has 0 spiro atoms. The first-order valence-corrected chi connectivity index (χ1v) is 6.80. The molecule has 94 valence electrons. The Morgan fingerprint density at radius 3 is 2.94 bits per heavy atom. The lowest BCUT2D eigenvalue weighted by atomic mass is 10.1. The number of epoxide rings is 1. The second-order valence-electron chi connectivity index (χ2n) is 4.47. The number of rotatable bonds is 8. The van der Waals surface area contributed by atoms with E-state index in [0.29, 0.717) is 6.10 Å². The lowest BCUT2D eigenvalue weighted by Crippen LogP contribution is -1.89. The summed E-state index contributed by atoms with van der Waals surface area (Å²) in [5.74, 6) is 6.44. The first-order valence-electron chi connectivity index (χ1n) is 6.80. The van der Waals surface area contributed by atoms with Crippen molar-refractivity contribution in [3.63, 3.8) is 0 Å². The number of hydrogen-bond acceptors (Lipinski definition) is 1. The van der Waals surface area contributed by atoms with Crippen molar-refractivity contribution < 1.29 is 4.74 Å². The highest BCUT2D eigenvalue weighted by atomic mass is 16.6. The van der Waals surface area contributed by atoms with Crippen molar-refractivity contribution in [2.45, 2.75) is 64.1 Å². The zero-order valence-electron chi connectivity index (χ0n) is 11.0. The van der Waals surface area contributed by atoms with Crippen LogP contribution in [0, 0.1) is 11.8 Å². The van der Waals surface area contributed by atoms with Crippen LogP contribution in [0.25, 0.3) is 0 Å². The molecule has 1 heterocycles. The SMILES string of the molecule is C=C/C=C/CC[C@H]1O[C@H]1C#CCCCCCC. The van der Waals surface area contributed by atoms with Crippen LogP contribution in [0.2, 0.25) is 0 Å². The molecule has 0 radical (unpaired) electrons. The Bertz CT molecular complexity index is 292. The van der Waals surface area contributed by atoms with E-state index < -0.39 is 0 Å². The lowest BCUT2D eigenvalue weighted by molar-refractivity contribution is 0.383. The molecule has 1 fully saturated rings. The zero-order chi connectivity index (χ0) is 12.3. The highest BCUT2D eigenvalue weighted by molar-refractivity contribution is 5.14. The number of hydrogen-bond donors (Lipinski definition) is 0. The van der Waals surface area contributed by atoms with Crippen LogP contribution in [0.5, 0.6) is 0 Å². The predicted molar refractivity (Wildman–Crippen MR) is 73.8 cm³/mol. The third kappa shape index (κ3) is 7.02. The predicted octanol–water partition coefficient (Wildman–Crippen LogP) is 4.25. The van der Waals surface area contributed by atoms with Gasteiger partial charge in [-0.2, -0.15) is 0 Å². The Morgan fingerprint density at radius 1 is 1.29 bits per heavy atom. The summed E-state index contributed by atoms with van der Waals surface area (Å²) in [7, 11) is 0. The van der Waals surface area contributed by atoms with Crippen LogP contribution < -0.4 is 0 Å². The highest BCUT2D eigenvalue weighted by Gasteiger charge is 2.36. The maximum absolute atomic E-state index is 5.49. The fourth-order valence-electron chi connectivity index (χ4n) is 1.76. The van der Waals surface area contributed by atoms with Gasteiger partial charge < -0.3 is 4.74 Å². The maximum Gasteiger partial charge on any atom is 0.144 e. The van der Waals surface area contributed by atoms with Gasteiger partial charge in [0.05, 0.1) is 6.10 Å². The minimum Gasteiger partial charge on any atom is -0.356 e. The second kappa shape index (κ2) is 9.07. The molecule has 0 aliphatic carbocycles. The van der Waals surface area contributed by atoms with Crippen LogP contribution in [-0.2, 0) is 4.74 Å². The van der Waals surface area contributed by atoms with Crippen molar-refractivity contribution in [2.24, 2.45) is 0 Å². The Kier molecular flexibility index (Phi) is 7.51. The van der Waals surface area contributed by atoms with Gasteiger partial charge in [-0.05, 0) is 19.3 Å². The number of unbranched alkanes of at least 4 members (excludes halogenated alkanes) is 4. The Hall–Kier alpha value is -1.00. The summed E-state index contributed by atoms with van der Waals surface area (Å²) >= 11 is 0. The topological polar surface area (TPSA) is 12.5 Å². The summed E-state index contributed by atoms with van der Waals surface area (Å²) in [6.45, 7) is 5.87. The van der Waals surface area contributed by atoms with Crippen LogP contribution in [0.4, 0.5) is 0 Å². The van der Waals surface area contributed by atoms with Gasteiger partial charge in [-0.3, -0.25) is 0 Å². The molecule has 1 aliphatic heterocycles.